The molecule has 0 aliphatic heterocycles. The minimum atomic E-state index is -0.140. The summed E-state index contributed by atoms with van der Waals surface area (Å²) in [4.78, 5) is 2.37. The Morgan fingerprint density at radius 3 is 2.10 bits per heavy atom. The van der Waals surface area contributed by atoms with Crippen LogP contribution in [-0.4, -0.2) is 75.8 Å². The lowest BCUT2D eigenvalue weighted by atomic mass is 9.95. The van der Waals surface area contributed by atoms with E-state index in [1.165, 1.54) is 0 Å². The van der Waals surface area contributed by atoms with E-state index in [-0.39, 0.29) is 12.1 Å². The third kappa shape index (κ3) is 9.66. The molecule has 0 aromatic carbocycles. The first-order valence-corrected chi connectivity index (χ1v) is 7.68. The number of rotatable bonds is 14. The zero-order valence-corrected chi connectivity index (χ0v) is 13.8. The molecule has 122 valence electrons. The molecule has 0 aromatic heterocycles. The van der Waals surface area contributed by atoms with Crippen LogP contribution in [0.15, 0.2) is 0 Å². The average molecular weight is 290 g/mol. The minimum absolute atomic E-state index is 0.140. The SMILES string of the molecule is CCNC(C)(CO)CCCCN(CCOC)CCOC. The van der Waals surface area contributed by atoms with Crippen LogP contribution in [0.5, 0.6) is 0 Å². The Hall–Kier alpha value is -0.200. The summed E-state index contributed by atoms with van der Waals surface area (Å²) in [5.41, 5.74) is -0.140. The number of hydrogen-bond donors (Lipinski definition) is 2. The second-order valence-electron chi connectivity index (χ2n) is 5.53. The van der Waals surface area contributed by atoms with E-state index in [1.54, 1.807) is 14.2 Å². The molecular formula is C15H34N2O3. The number of likely N-dealkylation sites (N-methyl/N-ethyl adjacent to an activating group) is 1. The topological polar surface area (TPSA) is 54.0 Å². The zero-order valence-electron chi connectivity index (χ0n) is 13.8. The van der Waals surface area contributed by atoms with Crippen LogP contribution in [0.25, 0.3) is 0 Å². The molecule has 0 saturated carbocycles. The number of ether oxygens (including phenoxy) is 2. The largest absolute Gasteiger partial charge is 0.394 e. The van der Waals surface area contributed by atoms with Crippen LogP contribution >= 0.6 is 0 Å². The van der Waals surface area contributed by atoms with E-state index in [2.05, 4.69) is 24.1 Å². The van der Waals surface area contributed by atoms with Crippen molar-refractivity contribution in [3.63, 3.8) is 0 Å². The smallest absolute Gasteiger partial charge is 0.0610 e. The first kappa shape index (κ1) is 19.8. The summed E-state index contributed by atoms with van der Waals surface area (Å²) >= 11 is 0. The van der Waals surface area contributed by atoms with Crippen LogP contribution in [0.2, 0.25) is 0 Å². The summed E-state index contributed by atoms with van der Waals surface area (Å²) in [7, 11) is 3.47. The Kier molecular flexibility index (Phi) is 12.4. The Morgan fingerprint density at radius 2 is 1.65 bits per heavy atom. The third-order valence-corrected chi connectivity index (χ3v) is 3.63. The highest BCUT2D eigenvalue weighted by molar-refractivity contribution is 4.81. The van der Waals surface area contributed by atoms with Crippen LogP contribution in [0, 0.1) is 0 Å². The standard InChI is InChI=1S/C15H34N2O3/c1-5-16-15(2,14-18)8-6-7-9-17(10-12-19-3)11-13-20-4/h16,18H,5-14H2,1-4H3. The molecule has 5 nitrogen and oxygen atoms in total. The van der Waals surface area contributed by atoms with Crippen molar-refractivity contribution >= 4 is 0 Å². The van der Waals surface area contributed by atoms with Crippen molar-refractivity contribution in [1.82, 2.24) is 10.2 Å². The molecule has 0 radical (unpaired) electrons. The molecule has 0 rings (SSSR count). The molecule has 1 atom stereocenters. The van der Waals surface area contributed by atoms with E-state index in [1.807, 2.05) is 0 Å². The van der Waals surface area contributed by atoms with Gasteiger partial charge in [-0.1, -0.05) is 13.3 Å². The Labute approximate surface area is 124 Å². The fraction of sp³-hybridized carbons (Fsp3) is 1.00. The highest BCUT2D eigenvalue weighted by atomic mass is 16.5. The van der Waals surface area contributed by atoms with Crippen molar-refractivity contribution in [3.05, 3.63) is 0 Å². The Bertz CT molecular complexity index is 209. The molecule has 0 aliphatic carbocycles. The summed E-state index contributed by atoms with van der Waals surface area (Å²) in [6.07, 6.45) is 3.24. The summed E-state index contributed by atoms with van der Waals surface area (Å²) in [5, 5.41) is 12.8. The van der Waals surface area contributed by atoms with Crippen molar-refractivity contribution in [2.24, 2.45) is 0 Å². The van der Waals surface area contributed by atoms with Crippen molar-refractivity contribution in [3.8, 4) is 0 Å². The van der Waals surface area contributed by atoms with Crippen molar-refractivity contribution in [1.29, 1.82) is 0 Å². The molecule has 0 aliphatic rings. The molecule has 0 amide bonds. The molecule has 0 fully saturated rings. The molecule has 20 heavy (non-hydrogen) atoms. The number of hydrogen-bond acceptors (Lipinski definition) is 5. The van der Waals surface area contributed by atoms with Crippen LogP contribution in [0.4, 0.5) is 0 Å². The number of nitrogens with zero attached hydrogens (tertiary/aromatic N) is 1. The van der Waals surface area contributed by atoms with Gasteiger partial charge in [0, 0.05) is 32.8 Å². The number of nitrogens with one attached hydrogen (secondary N) is 1. The molecule has 1 unspecified atom stereocenters. The van der Waals surface area contributed by atoms with Gasteiger partial charge in [0.15, 0.2) is 0 Å². The molecule has 0 heterocycles. The van der Waals surface area contributed by atoms with Crippen molar-refractivity contribution in [2.75, 3.05) is 60.2 Å². The third-order valence-electron chi connectivity index (χ3n) is 3.63. The summed E-state index contributed by atoms with van der Waals surface area (Å²) in [6.45, 7) is 9.72. The molecule has 0 bridgehead atoms. The van der Waals surface area contributed by atoms with Gasteiger partial charge in [-0.25, -0.2) is 0 Å². The number of unbranched alkanes of at least 4 members (excludes halogenated alkanes) is 1. The lowest BCUT2D eigenvalue weighted by Crippen LogP contribution is -2.45. The lowest BCUT2D eigenvalue weighted by molar-refractivity contribution is 0.111. The van der Waals surface area contributed by atoms with Gasteiger partial charge < -0.3 is 19.9 Å². The predicted octanol–water partition coefficient (Wildman–Crippen LogP) is 1.11. The fourth-order valence-corrected chi connectivity index (χ4v) is 2.28. The van der Waals surface area contributed by atoms with Crippen LogP contribution in [0.3, 0.4) is 0 Å². The fourth-order valence-electron chi connectivity index (χ4n) is 2.28. The lowest BCUT2D eigenvalue weighted by Gasteiger charge is -2.29. The van der Waals surface area contributed by atoms with E-state index in [0.29, 0.717) is 0 Å². The maximum atomic E-state index is 9.45. The van der Waals surface area contributed by atoms with Gasteiger partial charge >= 0.3 is 0 Å². The van der Waals surface area contributed by atoms with E-state index >= 15 is 0 Å². The van der Waals surface area contributed by atoms with Gasteiger partial charge in [-0.2, -0.15) is 0 Å². The number of methoxy groups -OCH3 is 2. The molecule has 2 N–H and O–H groups in total. The van der Waals surface area contributed by atoms with E-state index in [9.17, 15) is 5.11 Å². The van der Waals surface area contributed by atoms with Crippen molar-refractivity contribution < 1.29 is 14.6 Å². The van der Waals surface area contributed by atoms with Gasteiger partial charge in [0.2, 0.25) is 0 Å². The second-order valence-corrected chi connectivity index (χ2v) is 5.53. The summed E-state index contributed by atoms with van der Waals surface area (Å²) in [6, 6.07) is 0. The van der Waals surface area contributed by atoms with Crippen LogP contribution in [-0.2, 0) is 9.47 Å². The normalized spacial score (nSPS) is 14.7. The molecule has 0 aromatic rings. The average Bonchev–Trinajstić information content (AvgIpc) is 2.45. The van der Waals surface area contributed by atoms with Crippen LogP contribution < -0.4 is 5.32 Å². The Morgan fingerprint density at radius 1 is 1.05 bits per heavy atom. The monoisotopic (exact) mass is 290 g/mol. The second kappa shape index (κ2) is 12.5. The minimum Gasteiger partial charge on any atom is -0.394 e. The van der Waals surface area contributed by atoms with Gasteiger partial charge in [-0.3, -0.25) is 4.90 Å². The van der Waals surface area contributed by atoms with Crippen LogP contribution in [0.1, 0.15) is 33.1 Å². The van der Waals surface area contributed by atoms with Gasteiger partial charge in [-0.05, 0) is 32.9 Å². The zero-order chi connectivity index (χ0) is 15.3. The number of aliphatic hydroxyl groups is 1. The van der Waals surface area contributed by atoms with E-state index in [0.717, 1.165) is 58.7 Å². The van der Waals surface area contributed by atoms with Gasteiger partial charge in [0.05, 0.1) is 19.8 Å². The maximum absolute atomic E-state index is 9.45. The molecular weight excluding hydrogens is 256 g/mol. The predicted molar refractivity (Wildman–Crippen MR) is 83.2 cm³/mol. The Balaban J connectivity index is 3.90. The number of aliphatic hydroxyl groups excluding tert-OH is 1. The van der Waals surface area contributed by atoms with Crippen molar-refractivity contribution in [2.45, 2.75) is 38.6 Å². The molecule has 5 heteroatoms. The highest BCUT2D eigenvalue weighted by Gasteiger charge is 2.20. The quantitative estimate of drug-likeness (QED) is 0.469. The van der Waals surface area contributed by atoms with Gasteiger partial charge in [-0.15, -0.1) is 0 Å². The molecule has 0 saturated heterocycles. The summed E-state index contributed by atoms with van der Waals surface area (Å²) in [5.74, 6) is 0. The first-order chi connectivity index (χ1) is 9.61. The highest BCUT2D eigenvalue weighted by Crippen LogP contribution is 2.13. The maximum Gasteiger partial charge on any atom is 0.0610 e. The summed E-state index contributed by atoms with van der Waals surface area (Å²) < 4.78 is 10.3. The van der Waals surface area contributed by atoms with Gasteiger partial charge in [0.25, 0.3) is 0 Å². The van der Waals surface area contributed by atoms with E-state index < -0.39 is 0 Å². The van der Waals surface area contributed by atoms with Gasteiger partial charge in [0.1, 0.15) is 0 Å². The molecule has 0 spiro atoms. The first-order valence-electron chi connectivity index (χ1n) is 7.68. The van der Waals surface area contributed by atoms with E-state index in [4.69, 9.17) is 9.47 Å².